The first kappa shape index (κ1) is 22.1. The van der Waals surface area contributed by atoms with Crippen molar-refractivity contribution in [3.05, 3.63) is 28.8 Å². The van der Waals surface area contributed by atoms with Crippen molar-refractivity contribution in [2.24, 2.45) is 0 Å². The van der Waals surface area contributed by atoms with Crippen molar-refractivity contribution in [3.8, 4) is 17.2 Å². The summed E-state index contributed by atoms with van der Waals surface area (Å²) < 4.78 is 78.7. The fourth-order valence-electron chi connectivity index (χ4n) is 3.43. The number of rotatable bonds is 3. The molecule has 0 radical (unpaired) electrons. The van der Waals surface area contributed by atoms with Gasteiger partial charge in [0.1, 0.15) is 8.07 Å². The molecule has 1 heterocycles. The van der Waals surface area contributed by atoms with Gasteiger partial charge in [-0.15, -0.1) is 11.5 Å². The molecule has 0 saturated carbocycles. The number of halogens is 3. The maximum absolute atomic E-state index is 13.0. The molecule has 0 bridgehead atoms. The molecule has 1 aromatic carbocycles. The van der Waals surface area contributed by atoms with Crippen molar-refractivity contribution in [3.63, 3.8) is 0 Å². The minimum absolute atomic E-state index is 0.278. The predicted octanol–water partition coefficient (Wildman–Crippen LogP) is 4.05. The van der Waals surface area contributed by atoms with E-state index in [1.807, 2.05) is 19.6 Å². The highest BCUT2D eigenvalue weighted by molar-refractivity contribution is 7.88. The molecule has 1 fully saturated rings. The number of hydrogen-bond donors (Lipinski definition) is 0. The van der Waals surface area contributed by atoms with Crippen molar-refractivity contribution in [1.82, 2.24) is 0 Å². The Morgan fingerprint density at radius 1 is 1.21 bits per heavy atom. The van der Waals surface area contributed by atoms with E-state index < -0.39 is 35.4 Å². The van der Waals surface area contributed by atoms with Gasteiger partial charge in [0.2, 0.25) is 0 Å². The van der Waals surface area contributed by atoms with Crippen LogP contribution in [-0.4, -0.2) is 35.2 Å². The van der Waals surface area contributed by atoms with Crippen LogP contribution in [0, 0.1) is 11.5 Å². The molecule has 1 aliphatic carbocycles. The number of hydrogen-bond acceptors (Lipinski definition) is 5. The van der Waals surface area contributed by atoms with E-state index in [1.165, 1.54) is 0 Å². The first-order chi connectivity index (χ1) is 13.3. The minimum Gasteiger partial charge on any atom is -0.375 e. The molecule has 5 nitrogen and oxygen atoms in total. The van der Waals surface area contributed by atoms with Gasteiger partial charge in [-0.1, -0.05) is 31.8 Å². The Labute approximate surface area is 169 Å². The lowest BCUT2D eigenvalue weighted by Crippen LogP contribution is -2.29. The van der Waals surface area contributed by atoms with Crippen LogP contribution in [0.3, 0.4) is 0 Å². The molecule has 1 aliphatic heterocycles. The summed E-state index contributed by atoms with van der Waals surface area (Å²) in [6.45, 7) is 8.56. The maximum Gasteiger partial charge on any atom is 0.534 e. The molecular formula is C19H23F3O5SSi. The van der Waals surface area contributed by atoms with Crippen LogP contribution in [0.25, 0.3) is 0 Å². The van der Waals surface area contributed by atoms with Crippen molar-refractivity contribution in [2.45, 2.75) is 56.6 Å². The second-order valence-electron chi connectivity index (χ2n) is 8.18. The Morgan fingerprint density at radius 2 is 1.83 bits per heavy atom. The molecular weight excluding hydrogens is 425 g/mol. The summed E-state index contributed by atoms with van der Waals surface area (Å²) in [5.41, 5.74) is -1.19. The highest BCUT2D eigenvalue weighted by atomic mass is 32.2. The van der Waals surface area contributed by atoms with Gasteiger partial charge in [-0.25, -0.2) is 0 Å². The third-order valence-corrected chi connectivity index (χ3v) is 6.61. The zero-order chi connectivity index (χ0) is 21.7. The molecule has 1 unspecified atom stereocenters. The summed E-state index contributed by atoms with van der Waals surface area (Å²) in [4.78, 5) is 0. The second kappa shape index (κ2) is 7.30. The van der Waals surface area contributed by atoms with E-state index >= 15 is 0 Å². The van der Waals surface area contributed by atoms with Crippen molar-refractivity contribution < 1.29 is 35.2 Å². The SMILES string of the molecule is CC(C#C[Si](C)(C)C)c1ccc2c(c1OS(=O)(=O)C(F)(F)F)CCC21OCCO1. The van der Waals surface area contributed by atoms with Crippen LogP contribution in [0.5, 0.6) is 5.75 Å². The largest absolute Gasteiger partial charge is 0.534 e. The van der Waals surface area contributed by atoms with Gasteiger partial charge in [0, 0.05) is 29.0 Å². The average molecular weight is 449 g/mol. The molecule has 1 saturated heterocycles. The quantitative estimate of drug-likeness (QED) is 0.302. The maximum atomic E-state index is 13.0. The molecule has 1 atom stereocenters. The number of ether oxygens (including phenoxy) is 2. The molecule has 0 amide bonds. The van der Waals surface area contributed by atoms with E-state index in [4.69, 9.17) is 9.47 Å². The second-order valence-corrected chi connectivity index (χ2v) is 14.5. The standard InChI is InChI=1S/C19H23F3O5SSi/c1-13(8-12-29(2,3)4)14-5-6-16-15(7-9-18(16)25-10-11-26-18)17(14)27-28(23,24)19(20,21)22/h5-6,13H,7,9-11H2,1-4H3. The van der Waals surface area contributed by atoms with Crippen LogP contribution in [0.4, 0.5) is 13.2 Å². The smallest absolute Gasteiger partial charge is 0.375 e. The van der Waals surface area contributed by atoms with Gasteiger partial charge in [0.25, 0.3) is 0 Å². The van der Waals surface area contributed by atoms with Crippen LogP contribution < -0.4 is 4.18 Å². The van der Waals surface area contributed by atoms with E-state index in [2.05, 4.69) is 15.6 Å². The van der Waals surface area contributed by atoms with Gasteiger partial charge in [0.15, 0.2) is 11.5 Å². The normalized spacial score (nSPS) is 19.6. The van der Waals surface area contributed by atoms with Crippen LogP contribution in [0.15, 0.2) is 12.1 Å². The first-order valence-electron chi connectivity index (χ1n) is 9.23. The van der Waals surface area contributed by atoms with Gasteiger partial charge in [-0.3, -0.25) is 0 Å². The number of alkyl halides is 3. The van der Waals surface area contributed by atoms with Gasteiger partial charge >= 0.3 is 15.6 Å². The third-order valence-electron chi connectivity index (χ3n) is 4.77. The molecule has 160 valence electrons. The molecule has 1 spiro atoms. The van der Waals surface area contributed by atoms with E-state index in [9.17, 15) is 21.6 Å². The molecule has 0 N–H and O–H groups in total. The zero-order valence-electron chi connectivity index (χ0n) is 16.6. The average Bonchev–Trinajstić information content (AvgIpc) is 3.20. The van der Waals surface area contributed by atoms with Crippen LogP contribution >= 0.6 is 0 Å². The van der Waals surface area contributed by atoms with Gasteiger partial charge in [-0.2, -0.15) is 21.6 Å². The summed E-state index contributed by atoms with van der Waals surface area (Å²) >= 11 is 0. The van der Waals surface area contributed by atoms with Crippen LogP contribution in [0.2, 0.25) is 19.6 Å². The van der Waals surface area contributed by atoms with E-state index in [0.717, 1.165) is 0 Å². The molecule has 3 rings (SSSR count). The highest BCUT2D eigenvalue weighted by Crippen LogP contribution is 2.49. The summed E-state index contributed by atoms with van der Waals surface area (Å²) in [5, 5.41) is 0. The van der Waals surface area contributed by atoms with Crippen molar-refractivity contribution in [1.29, 1.82) is 0 Å². The van der Waals surface area contributed by atoms with Gasteiger partial charge < -0.3 is 13.7 Å². The Bertz CT molecular complexity index is 965. The first-order valence-corrected chi connectivity index (χ1v) is 14.1. The predicted molar refractivity (Wildman–Crippen MR) is 103 cm³/mol. The Hall–Kier alpha value is -1.54. The van der Waals surface area contributed by atoms with Crippen LogP contribution in [-0.2, 0) is 31.8 Å². The number of benzene rings is 1. The summed E-state index contributed by atoms with van der Waals surface area (Å²) in [7, 11) is -7.56. The summed E-state index contributed by atoms with van der Waals surface area (Å²) in [6, 6.07) is 3.27. The monoisotopic (exact) mass is 448 g/mol. The topological polar surface area (TPSA) is 61.8 Å². The highest BCUT2D eigenvalue weighted by Gasteiger charge is 2.51. The Kier molecular flexibility index (Phi) is 5.58. The fraction of sp³-hybridized carbons (Fsp3) is 0.579. The Balaban J connectivity index is 2.13. The van der Waals surface area contributed by atoms with E-state index in [-0.39, 0.29) is 12.2 Å². The third kappa shape index (κ3) is 4.33. The minimum atomic E-state index is -5.83. The van der Waals surface area contributed by atoms with Crippen molar-refractivity contribution in [2.75, 3.05) is 13.2 Å². The zero-order valence-corrected chi connectivity index (χ0v) is 18.5. The lowest BCUT2D eigenvalue weighted by Gasteiger charge is -2.24. The lowest BCUT2D eigenvalue weighted by molar-refractivity contribution is -0.163. The van der Waals surface area contributed by atoms with E-state index in [0.29, 0.717) is 36.3 Å². The fourth-order valence-corrected chi connectivity index (χ4v) is 4.59. The molecule has 2 aliphatic rings. The van der Waals surface area contributed by atoms with Gasteiger partial charge in [0.05, 0.1) is 13.2 Å². The summed E-state index contributed by atoms with van der Waals surface area (Å²) in [6.07, 6.45) is 0.656. The van der Waals surface area contributed by atoms with Crippen molar-refractivity contribution >= 4 is 18.2 Å². The van der Waals surface area contributed by atoms with E-state index in [1.54, 1.807) is 19.1 Å². The van der Waals surface area contributed by atoms with Crippen LogP contribution in [0.1, 0.15) is 36.0 Å². The molecule has 1 aromatic rings. The van der Waals surface area contributed by atoms with Gasteiger partial charge in [-0.05, 0) is 13.3 Å². The lowest BCUT2D eigenvalue weighted by atomic mass is 9.95. The number of fused-ring (bicyclic) bond motifs is 2. The Morgan fingerprint density at radius 3 is 2.38 bits per heavy atom. The molecule has 0 aromatic heterocycles. The summed E-state index contributed by atoms with van der Waals surface area (Å²) in [5.74, 6) is 1.18. The molecule has 10 heteroatoms. The molecule has 29 heavy (non-hydrogen) atoms.